The molecule has 0 aliphatic carbocycles. The first-order valence-electron chi connectivity index (χ1n) is 7.78. The van der Waals surface area contributed by atoms with Crippen LogP contribution in [0.25, 0.3) is 6.08 Å². The Bertz CT molecular complexity index is 742. The van der Waals surface area contributed by atoms with Gasteiger partial charge in [-0.25, -0.2) is 0 Å². The van der Waals surface area contributed by atoms with Crippen molar-refractivity contribution in [3.05, 3.63) is 96.6 Å². The zero-order valence-corrected chi connectivity index (χ0v) is 14.4. The smallest absolute Gasteiger partial charge is 0.299 e. The zero-order valence-electron chi connectivity index (χ0n) is 13.3. The van der Waals surface area contributed by atoms with Gasteiger partial charge in [-0.05, 0) is 22.9 Å². The second-order valence-corrected chi connectivity index (χ2v) is 7.85. The van der Waals surface area contributed by atoms with Gasteiger partial charge in [0.25, 0.3) is 9.04 Å². The van der Waals surface area contributed by atoms with E-state index < -0.39 is 9.04 Å². The van der Waals surface area contributed by atoms with Crippen LogP contribution in [-0.4, -0.2) is 9.04 Å². The first-order chi connectivity index (χ1) is 11.3. The average Bonchev–Trinajstić information content (AvgIpc) is 2.62. The highest BCUT2D eigenvalue weighted by atomic mass is 28.3. The van der Waals surface area contributed by atoms with E-state index in [-0.39, 0.29) is 0 Å². The molecule has 2 heteroatoms. The van der Waals surface area contributed by atoms with Gasteiger partial charge in [-0.1, -0.05) is 91.5 Å². The lowest BCUT2D eigenvalue weighted by Gasteiger charge is -2.21. The Labute approximate surface area is 139 Å². The Balaban J connectivity index is 2.06. The summed E-state index contributed by atoms with van der Waals surface area (Å²) < 4.78 is 6.61. The molecule has 1 nitrogen and oxygen atoms in total. The Kier molecular flexibility index (Phi) is 4.74. The van der Waals surface area contributed by atoms with E-state index in [0.717, 1.165) is 16.9 Å². The number of benzene rings is 3. The highest BCUT2D eigenvalue weighted by Crippen LogP contribution is 2.24. The molecule has 0 aliphatic heterocycles. The molecule has 0 fully saturated rings. The Morgan fingerprint density at radius 1 is 0.783 bits per heavy atom. The SMILES string of the molecule is C=Cc1cccc(C)c1O[SiH](c1ccccc1)c1ccccc1. The molecular weight excluding hydrogens is 296 g/mol. The number of rotatable bonds is 5. The van der Waals surface area contributed by atoms with E-state index >= 15 is 0 Å². The quantitative estimate of drug-likeness (QED) is 0.654. The predicted octanol–water partition coefficient (Wildman–Crippen LogP) is 3.56. The van der Waals surface area contributed by atoms with Crippen molar-refractivity contribution in [2.45, 2.75) is 6.92 Å². The van der Waals surface area contributed by atoms with E-state index in [2.05, 4.69) is 74.2 Å². The van der Waals surface area contributed by atoms with E-state index in [1.165, 1.54) is 10.4 Å². The third kappa shape index (κ3) is 3.43. The lowest BCUT2D eigenvalue weighted by Crippen LogP contribution is -2.47. The molecule has 0 spiro atoms. The molecule has 23 heavy (non-hydrogen) atoms. The van der Waals surface area contributed by atoms with E-state index in [1.807, 2.05) is 24.3 Å². The van der Waals surface area contributed by atoms with Crippen LogP contribution in [0.15, 0.2) is 85.4 Å². The fraction of sp³-hybridized carbons (Fsp3) is 0.0476. The van der Waals surface area contributed by atoms with Crippen molar-refractivity contribution < 1.29 is 4.43 Å². The normalized spacial score (nSPS) is 10.5. The number of aryl methyl sites for hydroxylation is 1. The van der Waals surface area contributed by atoms with Gasteiger partial charge in [-0.2, -0.15) is 0 Å². The second kappa shape index (κ2) is 7.12. The van der Waals surface area contributed by atoms with E-state index in [1.54, 1.807) is 0 Å². The maximum Gasteiger partial charge on any atom is 0.299 e. The van der Waals surface area contributed by atoms with Crippen molar-refractivity contribution in [2.24, 2.45) is 0 Å². The second-order valence-electron chi connectivity index (χ2n) is 5.52. The number of hydrogen-bond acceptors (Lipinski definition) is 1. The van der Waals surface area contributed by atoms with Gasteiger partial charge in [0.1, 0.15) is 5.75 Å². The number of hydrogen-bond donors (Lipinski definition) is 0. The van der Waals surface area contributed by atoms with Crippen molar-refractivity contribution in [3.63, 3.8) is 0 Å². The van der Waals surface area contributed by atoms with E-state index in [0.29, 0.717) is 0 Å². The highest BCUT2D eigenvalue weighted by molar-refractivity contribution is 6.80. The van der Waals surface area contributed by atoms with Gasteiger partial charge in [0, 0.05) is 5.56 Å². The van der Waals surface area contributed by atoms with Crippen molar-refractivity contribution in [1.29, 1.82) is 0 Å². The largest absolute Gasteiger partial charge is 0.537 e. The summed E-state index contributed by atoms with van der Waals surface area (Å²) in [5.74, 6) is 0.951. The molecule has 0 saturated heterocycles. The van der Waals surface area contributed by atoms with Crippen molar-refractivity contribution in [2.75, 3.05) is 0 Å². The Hall–Kier alpha value is -2.58. The van der Waals surface area contributed by atoms with E-state index in [4.69, 9.17) is 4.43 Å². The molecule has 0 saturated carbocycles. The van der Waals surface area contributed by atoms with Gasteiger partial charge in [-0.15, -0.1) is 0 Å². The van der Waals surface area contributed by atoms with Gasteiger partial charge < -0.3 is 4.43 Å². The molecule has 0 aromatic heterocycles. The molecule has 114 valence electrons. The van der Waals surface area contributed by atoms with Crippen LogP contribution in [0, 0.1) is 6.92 Å². The topological polar surface area (TPSA) is 9.23 Å². The van der Waals surface area contributed by atoms with Gasteiger partial charge in [-0.3, -0.25) is 0 Å². The summed E-state index contributed by atoms with van der Waals surface area (Å²) in [6.45, 7) is 6.01. The van der Waals surface area contributed by atoms with Crippen molar-refractivity contribution >= 4 is 25.5 Å². The van der Waals surface area contributed by atoms with Crippen molar-refractivity contribution in [3.8, 4) is 5.75 Å². The van der Waals surface area contributed by atoms with Gasteiger partial charge in [0.15, 0.2) is 0 Å². The van der Waals surface area contributed by atoms with Gasteiger partial charge in [0.05, 0.1) is 0 Å². The minimum absolute atomic E-state index is 0.951. The maximum atomic E-state index is 6.61. The van der Waals surface area contributed by atoms with Crippen LogP contribution in [0.4, 0.5) is 0 Å². The van der Waals surface area contributed by atoms with Crippen LogP contribution in [-0.2, 0) is 0 Å². The summed E-state index contributed by atoms with van der Waals surface area (Å²) >= 11 is 0. The summed E-state index contributed by atoms with van der Waals surface area (Å²) in [6.07, 6.45) is 1.86. The Morgan fingerprint density at radius 2 is 1.35 bits per heavy atom. The number of para-hydroxylation sites is 1. The molecule has 3 aromatic carbocycles. The molecule has 0 bridgehead atoms. The first-order valence-corrected chi connectivity index (χ1v) is 9.41. The molecule has 3 rings (SSSR count). The zero-order chi connectivity index (χ0) is 16.1. The summed E-state index contributed by atoms with van der Waals surface area (Å²) in [7, 11) is -1.79. The fourth-order valence-electron chi connectivity index (χ4n) is 2.70. The minimum atomic E-state index is -1.79. The summed E-state index contributed by atoms with van der Waals surface area (Å²) in [4.78, 5) is 0. The first kappa shape index (κ1) is 15.3. The molecule has 0 heterocycles. The van der Waals surface area contributed by atoms with Crippen LogP contribution < -0.4 is 14.8 Å². The summed E-state index contributed by atoms with van der Waals surface area (Å²) in [6, 6.07) is 27.2. The summed E-state index contributed by atoms with van der Waals surface area (Å²) in [5.41, 5.74) is 2.20. The maximum absolute atomic E-state index is 6.61. The predicted molar refractivity (Wildman–Crippen MR) is 101 cm³/mol. The van der Waals surface area contributed by atoms with Crippen LogP contribution in [0.5, 0.6) is 5.75 Å². The Morgan fingerprint density at radius 3 is 1.87 bits per heavy atom. The lowest BCUT2D eigenvalue weighted by atomic mass is 10.1. The third-order valence-electron chi connectivity index (χ3n) is 3.90. The van der Waals surface area contributed by atoms with Crippen LogP contribution >= 0.6 is 0 Å². The molecule has 0 atom stereocenters. The summed E-state index contributed by atoms with van der Waals surface area (Å²) in [5, 5.41) is 2.55. The molecule has 0 N–H and O–H groups in total. The molecule has 0 aliphatic rings. The molecule has 0 amide bonds. The van der Waals surface area contributed by atoms with Crippen LogP contribution in [0.3, 0.4) is 0 Å². The third-order valence-corrected chi connectivity index (χ3v) is 6.35. The lowest BCUT2D eigenvalue weighted by molar-refractivity contribution is 0.585. The van der Waals surface area contributed by atoms with E-state index in [9.17, 15) is 0 Å². The van der Waals surface area contributed by atoms with Crippen molar-refractivity contribution in [1.82, 2.24) is 0 Å². The van der Waals surface area contributed by atoms with Gasteiger partial charge in [0.2, 0.25) is 0 Å². The molecular formula is C21H20OSi. The van der Waals surface area contributed by atoms with Crippen LogP contribution in [0.2, 0.25) is 0 Å². The van der Waals surface area contributed by atoms with Gasteiger partial charge >= 0.3 is 0 Å². The molecule has 0 radical (unpaired) electrons. The van der Waals surface area contributed by atoms with Crippen LogP contribution in [0.1, 0.15) is 11.1 Å². The highest BCUT2D eigenvalue weighted by Gasteiger charge is 2.21. The molecule has 0 unspecified atom stereocenters. The average molecular weight is 316 g/mol. The fourth-order valence-corrected chi connectivity index (χ4v) is 5.06. The monoisotopic (exact) mass is 316 g/mol. The minimum Gasteiger partial charge on any atom is -0.537 e. The standard InChI is InChI=1S/C21H20OSi/c1-3-18-12-10-11-17(2)21(18)22-23(19-13-6-4-7-14-19)20-15-8-5-9-16-20/h3-16,23H,1H2,2H3. The molecule has 3 aromatic rings.